The molecule has 35 heavy (non-hydrogen) atoms. The standard InChI is InChI=1S/C20H43N3O9S2Si/c1-22(2,10-4-18-33(24,25)26)13-14-23(3,11-5-19-34(27,28)29)12-6-20-35-30-15-7-21(8-16-31-35)9-17-32-35/h4-20H2,1-3H3/p+2. The number of hydrogen-bond donors (Lipinski definition) is 2. The van der Waals surface area contributed by atoms with Crippen molar-refractivity contribution in [1.29, 1.82) is 0 Å². The van der Waals surface area contributed by atoms with Crippen LogP contribution in [-0.2, 0) is 33.5 Å². The van der Waals surface area contributed by atoms with E-state index in [1.165, 1.54) is 0 Å². The Hall–Kier alpha value is -0.203. The summed E-state index contributed by atoms with van der Waals surface area (Å²) in [5.41, 5.74) is 0. The second-order valence-corrected chi connectivity index (χ2v) is 16.5. The summed E-state index contributed by atoms with van der Waals surface area (Å²) in [6, 6.07) is 0.700. The van der Waals surface area contributed by atoms with Gasteiger partial charge >= 0.3 is 8.80 Å². The number of hydrogen-bond acceptors (Lipinski definition) is 8. The molecule has 0 aromatic rings. The Morgan fingerprint density at radius 1 is 0.714 bits per heavy atom. The minimum absolute atomic E-state index is 0.264. The molecular formula is C20H45N3O9S2Si+2. The lowest BCUT2D eigenvalue weighted by Gasteiger charge is -2.40. The van der Waals surface area contributed by atoms with Gasteiger partial charge in [-0.3, -0.25) is 14.0 Å². The molecule has 3 rings (SSSR count). The van der Waals surface area contributed by atoms with E-state index in [0.29, 0.717) is 60.8 Å². The normalized spacial score (nSPS) is 26.0. The van der Waals surface area contributed by atoms with Crippen molar-refractivity contribution in [3.8, 4) is 0 Å². The largest absolute Gasteiger partial charge is 0.501 e. The predicted octanol–water partition coefficient (Wildman–Crippen LogP) is -0.227. The van der Waals surface area contributed by atoms with Crippen LogP contribution < -0.4 is 0 Å². The maximum Gasteiger partial charge on any atom is 0.501 e. The molecule has 0 aromatic heterocycles. The zero-order chi connectivity index (χ0) is 26.2. The summed E-state index contributed by atoms with van der Waals surface area (Å²) >= 11 is 0. The highest BCUT2D eigenvalue weighted by Crippen LogP contribution is 2.23. The van der Waals surface area contributed by atoms with Crippen LogP contribution in [0.3, 0.4) is 0 Å². The van der Waals surface area contributed by atoms with Crippen molar-refractivity contribution >= 4 is 29.0 Å². The topological polar surface area (TPSA) is 140 Å². The van der Waals surface area contributed by atoms with E-state index >= 15 is 0 Å². The Morgan fingerprint density at radius 3 is 1.66 bits per heavy atom. The molecule has 3 aliphatic heterocycles. The lowest BCUT2D eigenvalue weighted by Crippen LogP contribution is -2.56. The van der Waals surface area contributed by atoms with Crippen molar-refractivity contribution in [2.75, 3.05) is 105 Å². The van der Waals surface area contributed by atoms with Gasteiger partial charge < -0.3 is 22.2 Å². The molecule has 2 N–H and O–H groups in total. The quantitative estimate of drug-likeness (QED) is 0.156. The van der Waals surface area contributed by atoms with E-state index in [4.69, 9.17) is 17.8 Å². The molecule has 3 heterocycles. The Bertz CT molecular complexity index is 847. The zero-order valence-corrected chi connectivity index (χ0v) is 24.1. The minimum Gasteiger partial charge on any atom is -0.372 e. The van der Waals surface area contributed by atoms with E-state index < -0.39 is 29.0 Å². The van der Waals surface area contributed by atoms with Crippen LogP contribution in [0.15, 0.2) is 0 Å². The van der Waals surface area contributed by atoms with Gasteiger partial charge in [-0.2, -0.15) is 16.8 Å². The molecule has 12 nitrogen and oxygen atoms in total. The maximum absolute atomic E-state index is 11.3. The van der Waals surface area contributed by atoms with Crippen LogP contribution in [0.25, 0.3) is 0 Å². The molecule has 3 saturated heterocycles. The third-order valence-corrected chi connectivity index (χ3v) is 11.4. The third kappa shape index (κ3) is 12.7. The second kappa shape index (κ2) is 13.0. The van der Waals surface area contributed by atoms with Crippen LogP contribution in [0.2, 0.25) is 6.04 Å². The fourth-order valence-electron chi connectivity index (χ4n) is 4.61. The highest BCUT2D eigenvalue weighted by atomic mass is 32.2. The Balaban J connectivity index is 1.96. The first kappa shape index (κ1) is 31.0. The van der Waals surface area contributed by atoms with E-state index in [-0.39, 0.29) is 11.5 Å². The molecule has 0 aliphatic carbocycles. The first-order valence-electron chi connectivity index (χ1n) is 12.3. The van der Waals surface area contributed by atoms with Gasteiger partial charge in [-0.25, -0.2) is 0 Å². The minimum atomic E-state index is -4.03. The fraction of sp³-hybridized carbons (Fsp3) is 1.00. The van der Waals surface area contributed by atoms with Crippen molar-refractivity contribution in [2.24, 2.45) is 0 Å². The monoisotopic (exact) mass is 563 g/mol. The summed E-state index contributed by atoms with van der Waals surface area (Å²) in [5.74, 6) is -0.544. The zero-order valence-electron chi connectivity index (χ0n) is 21.4. The smallest absolute Gasteiger partial charge is 0.372 e. The van der Waals surface area contributed by atoms with Gasteiger partial charge in [0, 0.05) is 44.9 Å². The van der Waals surface area contributed by atoms with E-state index in [9.17, 15) is 21.4 Å². The van der Waals surface area contributed by atoms with Gasteiger partial charge in [-0.15, -0.1) is 0 Å². The average Bonchev–Trinajstić information content (AvgIpc) is 2.65. The lowest BCUT2D eigenvalue weighted by molar-refractivity contribution is -0.955. The van der Waals surface area contributed by atoms with Crippen LogP contribution >= 0.6 is 0 Å². The predicted molar refractivity (Wildman–Crippen MR) is 134 cm³/mol. The SMILES string of the molecule is C[N+](C)(CCCS(=O)(=O)O)CC[N+](C)(CCC[Si]12OCCN(CCO1)CCO2)CCCS(=O)(=O)O. The first-order chi connectivity index (χ1) is 16.1. The van der Waals surface area contributed by atoms with Gasteiger partial charge in [0.2, 0.25) is 0 Å². The maximum atomic E-state index is 11.3. The van der Waals surface area contributed by atoms with E-state index in [2.05, 4.69) is 11.9 Å². The van der Waals surface area contributed by atoms with Gasteiger partial charge in [0.05, 0.1) is 72.1 Å². The molecule has 1 atom stereocenters. The molecule has 0 saturated carbocycles. The van der Waals surface area contributed by atoms with E-state index in [1.54, 1.807) is 0 Å². The average molecular weight is 564 g/mol. The van der Waals surface area contributed by atoms with Crippen molar-refractivity contribution < 1.29 is 48.2 Å². The van der Waals surface area contributed by atoms with Gasteiger partial charge in [0.15, 0.2) is 0 Å². The number of fused-ring (bicyclic) bond motifs is 6. The third-order valence-electron chi connectivity index (χ3n) is 6.88. The number of likely N-dealkylation sites (N-methyl/N-ethyl adjacent to an activating group) is 2. The highest BCUT2D eigenvalue weighted by Gasteiger charge is 2.44. The molecule has 1 unspecified atom stereocenters. The molecule has 3 aliphatic rings. The van der Waals surface area contributed by atoms with Crippen molar-refractivity contribution in [3.63, 3.8) is 0 Å². The lowest BCUT2D eigenvalue weighted by atomic mass is 10.2. The van der Waals surface area contributed by atoms with Gasteiger partial charge in [0.25, 0.3) is 20.2 Å². The van der Waals surface area contributed by atoms with Crippen LogP contribution in [0.1, 0.15) is 19.3 Å². The second-order valence-electron chi connectivity index (χ2n) is 10.6. The van der Waals surface area contributed by atoms with Gasteiger partial charge in [-0.1, -0.05) is 0 Å². The summed E-state index contributed by atoms with van der Waals surface area (Å²) in [5, 5.41) is 0. The Labute approximate surface area is 212 Å². The van der Waals surface area contributed by atoms with Crippen molar-refractivity contribution in [3.05, 3.63) is 0 Å². The Morgan fingerprint density at radius 2 is 1.17 bits per heavy atom. The summed E-state index contributed by atoms with van der Waals surface area (Å²) < 4.78 is 82.4. The Kier molecular flexibility index (Phi) is 11.6. The van der Waals surface area contributed by atoms with Crippen LogP contribution in [0.5, 0.6) is 0 Å². The fourth-order valence-corrected chi connectivity index (χ4v) is 8.08. The molecule has 0 radical (unpaired) electrons. The van der Waals surface area contributed by atoms with Crippen LogP contribution in [0, 0.1) is 0 Å². The summed E-state index contributed by atoms with van der Waals surface area (Å²) in [6.45, 7) is 7.89. The van der Waals surface area contributed by atoms with Crippen molar-refractivity contribution in [2.45, 2.75) is 25.3 Å². The molecule has 0 amide bonds. The highest BCUT2D eigenvalue weighted by molar-refractivity contribution is 7.86. The molecule has 2 bridgehead atoms. The number of rotatable bonds is 15. The number of quaternary nitrogens is 2. The summed E-state index contributed by atoms with van der Waals surface area (Å²) in [6.07, 6.45) is 1.50. The number of nitrogens with zero attached hydrogens (tertiary/aromatic N) is 3. The van der Waals surface area contributed by atoms with E-state index in [0.717, 1.165) is 45.7 Å². The molecule has 0 aromatic carbocycles. The molecule has 3 fully saturated rings. The van der Waals surface area contributed by atoms with Crippen molar-refractivity contribution in [1.82, 2.24) is 4.90 Å². The van der Waals surface area contributed by atoms with Gasteiger partial charge in [0.1, 0.15) is 13.1 Å². The molecule has 0 spiro atoms. The van der Waals surface area contributed by atoms with Crippen LogP contribution in [-0.4, -0.2) is 153 Å². The first-order valence-corrected chi connectivity index (χ1v) is 17.5. The van der Waals surface area contributed by atoms with Crippen LogP contribution in [0.4, 0.5) is 0 Å². The summed E-state index contributed by atoms with van der Waals surface area (Å²) in [7, 11) is -4.64. The molecular weight excluding hydrogens is 518 g/mol. The summed E-state index contributed by atoms with van der Waals surface area (Å²) in [4.78, 5) is 2.27. The molecule has 15 heteroatoms. The van der Waals surface area contributed by atoms with Gasteiger partial charge in [-0.05, 0) is 0 Å². The van der Waals surface area contributed by atoms with E-state index in [1.807, 2.05) is 14.1 Å². The molecule has 208 valence electrons.